The van der Waals surface area contributed by atoms with Crippen molar-refractivity contribution in [3.63, 3.8) is 0 Å². The van der Waals surface area contributed by atoms with Crippen LogP contribution in [0.15, 0.2) is 54.7 Å². The van der Waals surface area contributed by atoms with Crippen LogP contribution >= 0.6 is 0 Å². The predicted molar refractivity (Wildman–Crippen MR) is 75.5 cm³/mol. The number of hydrogen-bond donors (Lipinski definition) is 1. The minimum Gasteiger partial charge on any atom is -0.343 e. The second-order valence-corrected chi connectivity index (χ2v) is 4.76. The number of aromatic nitrogens is 1. The lowest BCUT2D eigenvalue weighted by Gasteiger charge is -2.20. The second kappa shape index (κ2) is 6.14. The number of carbonyl (C=O) groups is 1. The van der Waals surface area contributed by atoms with Gasteiger partial charge in [0.15, 0.2) is 0 Å². The third kappa shape index (κ3) is 3.41. The topological polar surface area (TPSA) is 42.0 Å². The number of nitrogens with zero attached hydrogens (tertiary/aromatic N) is 1. The molecular formula is C16H18N2O. The molecular weight excluding hydrogens is 236 g/mol. The van der Waals surface area contributed by atoms with Crippen LogP contribution in [-0.2, 0) is 4.79 Å². The van der Waals surface area contributed by atoms with E-state index in [4.69, 9.17) is 0 Å². The highest BCUT2D eigenvalue weighted by atomic mass is 16.1. The molecule has 1 aromatic heterocycles. The second-order valence-electron chi connectivity index (χ2n) is 4.76. The summed E-state index contributed by atoms with van der Waals surface area (Å²) in [5.74, 6) is -0.0190. The fourth-order valence-corrected chi connectivity index (χ4v) is 1.83. The van der Waals surface area contributed by atoms with Crippen LogP contribution in [0.5, 0.6) is 0 Å². The number of rotatable bonds is 4. The van der Waals surface area contributed by atoms with Gasteiger partial charge in [-0.25, -0.2) is 0 Å². The molecule has 2 aromatic rings. The van der Waals surface area contributed by atoms with E-state index in [-0.39, 0.29) is 17.9 Å². The van der Waals surface area contributed by atoms with Crippen LogP contribution in [0, 0.1) is 5.92 Å². The Bertz CT molecular complexity index is 483. The molecule has 0 saturated heterocycles. The molecule has 0 bridgehead atoms. The molecule has 1 unspecified atom stereocenters. The first-order valence-corrected chi connectivity index (χ1v) is 6.44. The van der Waals surface area contributed by atoms with Gasteiger partial charge in [0.2, 0.25) is 5.91 Å². The molecule has 1 amide bonds. The molecule has 98 valence electrons. The molecule has 0 spiro atoms. The number of amides is 1. The van der Waals surface area contributed by atoms with Gasteiger partial charge in [0.05, 0.1) is 11.7 Å². The van der Waals surface area contributed by atoms with Crippen molar-refractivity contribution in [1.29, 1.82) is 0 Å². The Labute approximate surface area is 113 Å². The van der Waals surface area contributed by atoms with E-state index >= 15 is 0 Å². The zero-order chi connectivity index (χ0) is 13.7. The maximum Gasteiger partial charge on any atom is 0.223 e. The van der Waals surface area contributed by atoms with E-state index in [2.05, 4.69) is 10.3 Å². The Morgan fingerprint density at radius 3 is 2.32 bits per heavy atom. The van der Waals surface area contributed by atoms with Crippen LogP contribution in [0.4, 0.5) is 0 Å². The van der Waals surface area contributed by atoms with Crippen LogP contribution in [-0.4, -0.2) is 10.9 Å². The molecule has 1 aromatic carbocycles. The van der Waals surface area contributed by atoms with E-state index in [1.807, 2.05) is 62.4 Å². The van der Waals surface area contributed by atoms with Crippen molar-refractivity contribution in [3.8, 4) is 0 Å². The third-order valence-electron chi connectivity index (χ3n) is 2.93. The number of benzene rings is 1. The van der Waals surface area contributed by atoms with Crippen LogP contribution < -0.4 is 5.32 Å². The largest absolute Gasteiger partial charge is 0.343 e. The van der Waals surface area contributed by atoms with E-state index < -0.39 is 0 Å². The molecule has 0 aliphatic heterocycles. The molecule has 19 heavy (non-hydrogen) atoms. The Kier molecular flexibility index (Phi) is 4.29. The lowest BCUT2D eigenvalue weighted by atomic mass is 10.0. The number of pyridine rings is 1. The Morgan fingerprint density at radius 2 is 1.74 bits per heavy atom. The van der Waals surface area contributed by atoms with Gasteiger partial charge in [-0.2, -0.15) is 0 Å². The van der Waals surface area contributed by atoms with Gasteiger partial charge in [-0.1, -0.05) is 50.2 Å². The molecule has 1 atom stereocenters. The molecule has 0 saturated carbocycles. The molecule has 3 heteroatoms. The summed E-state index contributed by atoms with van der Waals surface area (Å²) in [6, 6.07) is 15.4. The van der Waals surface area contributed by atoms with Gasteiger partial charge in [0.1, 0.15) is 0 Å². The van der Waals surface area contributed by atoms with Crippen molar-refractivity contribution in [2.24, 2.45) is 5.92 Å². The van der Waals surface area contributed by atoms with E-state index in [9.17, 15) is 4.79 Å². The maximum absolute atomic E-state index is 12.0. The summed E-state index contributed by atoms with van der Waals surface area (Å²) in [6.07, 6.45) is 1.74. The summed E-state index contributed by atoms with van der Waals surface area (Å²) in [4.78, 5) is 16.3. The van der Waals surface area contributed by atoms with Crippen molar-refractivity contribution >= 4 is 5.91 Å². The molecule has 2 rings (SSSR count). The summed E-state index contributed by atoms with van der Waals surface area (Å²) in [5, 5.41) is 3.05. The highest BCUT2D eigenvalue weighted by Crippen LogP contribution is 2.20. The van der Waals surface area contributed by atoms with E-state index in [0.29, 0.717) is 0 Å². The molecule has 0 aliphatic rings. The summed E-state index contributed by atoms with van der Waals surface area (Å²) >= 11 is 0. The molecule has 0 aliphatic carbocycles. The highest BCUT2D eigenvalue weighted by Gasteiger charge is 2.18. The van der Waals surface area contributed by atoms with Gasteiger partial charge in [-0.15, -0.1) is 0 Å². The van der Waals surface area contributed by atoms with Gasteiger partial charge in [0.25, 0.3) is 0 Å². The van der Waals surface area contributed by atoms with E-state index in [0.717, 1.165) is 11.3 Å². The molecule has 3 nitrogen and oxygen atoms in total. The monoisotopic (exact) mass is 254 g/mol. The number of hydrogen-bond acceptors (Lipinski definition) is 2. The number of carbonyl (C=O) groups excluding carboxylic acids is 1. The van der Waals surface area contributed by atoms with Gasteiger partial charge < -0.3 is 5.32 Å². The van der Waals surface area contributed by atoms with Crippen LogP contribution in [0.2, 0.25) is 0 Å². The summed E-state index contributed by atoms with van der Waals surface area (Å²) in [6.45, 7) is 3.77. The molecule has 1 N–H and O–H groups in total. The number of nitrogens with one attached hydrogen (secondary N) is 1. The first kappa shape index (κ1) is 13.3. The van der Waals surface area contributed by atoms with Crippen LogP contribution in [0.25, 0.3) is 0 Å². The normalized spacial score (nSPS) is 12.2. The smallest absolute Gasteiger partial charge is 0.223 e. The highest BCUT2D eigenvalue weighted by molar-refractivity contribution is 5.78. The minimum atomic E-state index is -0.197. The first-order chi connectivity index (χ1) is 9.18. The first-order valence-electron chi connectivity index (χ1n) is 6.44. The van der Waals surface area contributed by atoms with Crippen molar-refractivity contribution in [1.82, 2.24) is 10.3 Å². The van der Waals surface area contributed by atoms with Crippen molar-refractivity contribution < 1.29 is 4.79 Å². The zero-order valence-electron chi connectivity index (χ0n) is 11.2. The summed E-state index contributed by atoms with van der Waals surface area (Å²) < 4.78 is 0. The van der Waals surface area contributed by atoms with Crippen molar-refractivity contribution in [3.05, 3.63) is 66.0 Å². The van der Waals surface area contributed by atoms with Crippen molar-refractivity contribution in [2.45, 2.75) is 19.9 Å². The van der Waals surface area contributed by atoms with Gasteiger partial charge in [0, 0.05) is 12.1 Å². The van der Waals surface area contributed by atoms with E-state index in [1.165, 1.54) is 0 Å². The fraction of sp³-hybridized carbons (Fsp3) is 0.250. The maximum atomic E-state index is 12.0. The zero-order valence-corrected chi connectivity index (χ0v) is 11.2. The fourth-order valence-electron chi connectivity index (χ4n) is 1.83. The van der Waals surface area contributed by atoms with Crippen LogP contribution in [0.1, 0.15) is 31.1 Å². The van der Waals surface area contributed by atoms with Gasteiger partial charge >= 0.3 is 0 Å². The quantitative estimate of drug-likeness (QED) is 0.911. The Balaban J connectivity index is 2.32. The predicted octanol–water partition coefficient (Wildman–Crippen LogP) is 2.94. The lowest BCUT2D eigenvalue weighted by molar-refractivity contribution is -0.124. The standard InChI is InChI=1S/C16H18N2O/c1-12(2)16(19)18-15(13-8-4-3-5-9-13)14-10-6-7-11-17-14/h3-12,15H,1-2H3,(H,18,19). The Hall–Kier alpha value is -2.16. The van der Waals surface area contributed by atoms with Crippen LogP contribution in [0.3, 0.4) is 0 Å². The SMILES string of the molecule is CC(C)C(=O)NC(c1ccccc1)c1ccccn1. The molecule has 0 fully saturated rings. The van der Waals surface area contributed by atoms with Gasteiger partial charge in [-0.3, -0.25) is 9.78 Å². The lowest BCUT2D eigenvalue weighted by Crippen LogP contribution is -2.32. The average molecular weight is 254 g/mol. The third-order valence-corrected chi connectivity index (χ3v) is 2.93. The minimum absolute atomic E-state index is 0.0273. The van der Waals surface area contributed by atoms with E-state index in [1.54, 1.807) is 6.20 Å². The average Bonchev–Trinajstić information content (AvgIpc) is 2.46. The molecule has 1 heterocycles. The summed E-state index contributed by atoms with van der Waals surface area (Å²) in [7, 11) is 0. The van der Waals surface area contributed by atoms with Crippen molar-refractivity contribution in [2.75, 3.05) is 0 Å². The van der Waals surface area contributed by atoms with Gasteiger partial charge in [-0.05, 0) is 17.7 Å². The Morgan fingerprint density at radius 1 is 1.05 bits per heavy atom. The molecule has 0 radical (unpaired) electrons. The summed E-state index contributed by atoms with van der Waals surface area (Å²) in [5.41, 5.74) is 1.89.